The number of hydrogen-bond acceptors (Lipinski definition) is 10. The number of nitrogens with one attached hydrogen (secondary N) is 2. The molecular weight excluding hydrogens is 455 g/mol. The number of halogens is 2. The van der Waals surface area contributed by atoms with E-state index in [0.717, 1.165) is 0 Å². The summed E-state index contributed by atoms with van der Waals surface area (Å²) in [5, 5.41) is 18.4. The number of benzene rings is 2. The maximum Gasteiger partial charge on any atom is 0.270 e. The second kappa shape index (κ2) is 10.1. The van der Waals surface area contributed by atoms with Crippen LogP contribution < -0.4 is 15.6 Å². The molecule has 2 heterocycles. The molecule has 4 rings (SSSR count). The molecule has 0 bridgehead atoms. The summed E-state index contributed by atoms with van der Waals surface area (Å²) in [7, 11) is 0. The number of ether oxygens (including phenoxy) is 1. The van der Waals surface area contributed by atoms with Crippen molar-refractivity contribution in [2.24, 2.45) is 5.10 Å². The van der Waals surface area contributed by atoms with Crippen molar-refractivity contribution >= 4 is 47.0 Å². The fourth-order valence-corrected chi connectivity index (χ4v) is 3.11. The van der Waals surface area contributed by atoms with Gasteiger partial charge in [-0.15, -0.1) is 0 Å². The molecule has 13 heteroatoms. The summed E-state index contributed by atoms with van der Waals surface area (Å²) in [5.41, 5.74) is 3.54. The summed E-state index contributed by atoms with van der Waals surface area (Å²) in [6, 6.07) is 9.79. The van der Waals surface area contributed by atoms with Crippen LogP contribution in [0.4, 0.5) is 33.6 Å². The molecule has 3 aromatic rings. The number of non-ortho nitro benzene ring substituents is 1. The molecule has 0 saturated carbocycles. The van der Waals surface area contributed by atoms with E-state index in [9.17, 15) is 14.5 Å². The summed E-state index contributed by atoms with van der Waals surface area (Å²) in [5.74, 6) is 0.406. The zero-order chi connectivity index (χ0) is 23.2. The van der Waals surface area contributed by atoms with Crippen molar-refractivity contribution in [3.63, 3.8) is 0 Å². The first-order valence-electron chi connectivity index (χ1n) is 9.82. The van der Waals surface area contributed by atoms with Crippen LogP contribution in [0.2, 0.25) is 5.02 Å². The maximum atomic E-state index is 13.2. The molecule has 1 aliphatic heterocycles. The Morgan fingerprint density at radius 2 is 1.85 bits per heavy atom. The Kier molecular flexibility index (Phi) is 6.86. The Bertz CT molecular complexity index is 1170. The van der Waals surface area contributed by atoms with Crippen LogP contribution in [0, 0.1) is 15.9 Å². The van der Waals surface area contributed by atoms with Crippen LogP contribution in [0.25, 0.3) is 0 Å². The van der Waals surface area contributed by atoms with Gasteiger partial charge in [0.15, 0.2) is 0 Å². The van der Waals surface area contributed by atoms with Gasteiger partial charge in [0, 0.05) is 41.5 Å². The number of nitro benzene ring substituents is 1. The van der Waals surface area contributed by atoms with Gasteiger partial charge in [-0.05, 0) is 30.3 Å². The molecule has 2 aromatic carbocycles. The molecule has 33 heavy (non-hydrogen) atoms. The van der Waals surface area contributed by atoms with Crippen LogP contribution in [0.1, 0.15) is 5.56 Å². The molecular formula is C20H18ClFN8O3. The lowest BCUT2D eigenvalue weighted by Gasteiger charge is -2.27. The Hall–Kier alpha value is -3.90. The largest absolute Gasteiger partial charge is 0.378 e. The fourth-order valence-electron chi connectivity index (χ4n) is 2.94. The topological polar surface area (TPSA) is 131 Å². The minimum absolute atomic E-state index is 0.110. The molecule has 0 spiro atoms. The third-order valence-corrected chi connectivity index (χ3v) is 4.92. The van der Waals surface area contributed by atoms with E-state index in [0.29, 0.717) is 48.5 Å². The monoisotopic (exact) mass is 472 g/mol. The van der Waals surface area contributed by atoms with Crippen molar-refractivity contribution in [1.82, 2.24) is 15.0 Å². The fraction of sp³-hybridized carbons (Fsp3) is 0.200. The van der Waals surface area contributed by atoms with Gasteiger partial charge in [-0.25, -0.2) is 9.82 Å². The normalized spacial score (nSPS) is 13.8. The Labute approximate surface area is 192 Å². The highest BCUT2D eigenvalue weighted by atomic mass is 35.5. The molecule has 0 amide bonds. The van der Waals surface area contributed by atoms with E-state index in [2.05, 4.69) is 30.8 Å². The van der Waals surface area contributed by atoms with Crippen LogP contribution in [0.15, 0.2) is 47.6 Å². The summed E-state index contributed by atoms with van der Waals surface area (Å²) in [4.78, 5) is 25.5. The van der Waals surface area contributed by atoms with E-state index in [1.165, 1.54) is 36.5 Å². The first kappa shape index (κ1) is 22.3. The summed E-state index contributed by atoms with van der Waals surface area (Å²) in [6.45, 7) is 2.29. The van der Waals surface area contributed by atoms with E-state index in [1.54, 1.807) is 12.1 Å². The zero-order valence-corrected chi connectivity index (χ0v) is 17.9. The van der Waals surface area contributed by atoms with Gasteiger partial charge in [0.05, 0.1) is 24.4 Å². The molecule has 0 radical (unpaired) electrons. The number of anilines is 4. The summed E-state index contributed by atoms with van der Waals surface area (Å²) in [6.07, 6.45) is 1.33. The van der Waals surface area contributed by atoms with Gasteiger partial charge < -0.3 is 15.0 Å². The number of aromatic nitrogens is 3. The third kappa shape index (κ3) is 5.87. The van der Waals surface area contributed by atoms with Gasteiger partial charge in [0.2, 0.25) is 17.8 Å². The first-order valence-corrected chi connectivity index (χ1v) is 10.2. The van der Waals surface area contributed by atoms with Crippen molar-refractivity contribution in [2.75, 3.05) is 41.9 Å². The van der Waals surface area contributed by atoms with Crippen molar-refractivity contribution < 1.29 is 14.1 Å². The van der Waals surface area contributed by atoms with Gasteiger partial charge in [0.1, 0.15) is 5.82 Å². The highest BCUT2D eigenvalue weighted by Crippen LogP contribution is 2.21. The number of hydrogen-bond donors (Lipinski definition) is 2. The molecule has 0 atom stereocenters. The van der Waals surface area contributed by atoms with Gasteiger partial charge >= 0.3 is 0 Å². The van der Waals surface area contributed by atoms with Crippen molar-refractivity contribution in [3.05, 3.63) is 69.0 Å². The molecule has 0 unspecified atom stereocenters. The van der Waals surface area contributed by atoms with Gasteiger partial charge in [-0.1, -0.05) is 11.6 Å². The van der Waals surface area contributed by atoms with Crippen LogP contribution in [-0.4, -0.2) is 52.4 Å². The standard InChI is InChI=1S/C20H18ClFN8O3/c21-17-6-5-16(30(31)32)11-13(17)12-23-28-19-25-18(24-15-3-1-14(22)2-4-15)26-20(27-19)29-7-9-33-10-8-29/h1-6,11-12H,7-10H2,(H2,24,25,26,27,28). The average Bonchev–Trinajstić information content (AvgIpc) is 2.82. The number of nitrogens with zero attached hydrogens (tertiary/aromatic N) is 6. The highest BCUT2D eigenvalue weighted by molar-refractivity contribution is 6.33. The van der Waals surface area contributed by atoms with Crippen LogP contribution >= 0.6 is 11.6 Å². The minimum Gasteiger partial charge on any atom is -0.378 e. The first-order chi connectivity index (χ1) is 16.0. The highest BCUT2D eigenvalue weighted by Gasteiger charge is 2.17. The van der Waals surface area contributed by atoms with E-state index >= 15 is 0 Å². The molecule has 1 aliphatic rings. The number of nitro groups is 1. The number of hydrazone groups is 1. The quantitative estimate of drug-likeness (QED) is 0.301. The molecule has 11 nitrogen and oxygen atoms in total. The molecule has 1 aromatic heterocycles. The lowest BCUT2D eigenvalue weighted by Crippen LogP contribution is -2.37. The third-order valence-electron chi connectivity index (χ3n) is 4.58. The molecule has 2 N–H and O–H groups in total. The zero-order valence-electron chi connectivity index (χ0n) is 17.1. The van der Waals surface area contributed by atoms with E-state index in [4.69, 9.17) is 16.3 Å². The molecule has 170 valence electrons. The van der Waals surface area contributed by atoms with Gasteiger partial charge in [-0.2, -0.15) is 20.1 Å². The Morgan fingerprint density at radius 3 is 2.58 bits per heavy atom. The van der Waals surface area contributed by atoms with Crippen molar-refractivity contribution in [3.8, 4) is 0 Å². The Morgan fingerprint density at radius 1 is 1.12 bits per heavy atom. The average molecular weight is 473 g/mol. The van der Waals surface area contributed by atoms with Crippen LogP contribution in [-0.2, 0) is 4.74 Å². The summed E-state index contributed by atoms with van der Waals surface area (Å²) < 4.78 is 18.6. The lowest BCUT2D eigenvalue weighted by molar-refractivity contribution is -0.384. The second-order valence-corrected chi connectivity index (χ2v) is 7.25. The smallest absolute Gasteiger partial charge is 0.270 e. The Balaban J connectivity index is 1.58. The minimum atomic E-state index is -0.519. The van der Waals surface area contributed by atoms with Crippen molar-refractivity contribution in [1.29, 1.82) is 0 Å². The van der Waals surface area contributed by atoms with E-state index < -0.39 is 4.92 Å². The molecule has 1 fully saturated rings. The van der Waals surface area contributed by atoms with E-state index in [-0.39, 0.29) is 23.4 Å². The maximum absolute atomic E-state index is 13.2. The van der Waals surface area contributed by atoms with Crippen molar-refractivity contribution in [2.45, 2.75) is 0 Å². The van der Waals surface area contributed by atoms with E-state index in [1.807, 2.05) is 4.90 Å². The number of rotatable bonds is 7. The van der Waals surface area contributed by atoms with Crippen LogP contribution in [0.5, 0.6) is 0 Å². The van der Waals surface area contributed by atoms with Crippen LogP contribution in [0.3, 0.4) is 0 Å². The predicted molar refractivity (Wildman–Crippen MR) is 122 cm³/mol. The lowest BCUT2D eigenvalue weighted by atomic mass is 10.2. The molecule has 0 aliphatic carbocycles. The SMILES string of the molecule is O=[N+]([O-])c1ccc(Cl)c(C=NNc2nc(Nc3ccc(F)cc3)nc(N3CCOCC3)n2)c1. The number of morpholine rings is 1. The van der Waals surface area contributed by atoms with Gasteiger partial charge in [-0.3, -0.25) is 10.1 Å². The van der Waals surface area contributed by atoms with Gasteiger partial charge in [0.25, 0.3) is 5.69 Å². The summed E-state index contributed by atoms with van der Waals surface area (Å²) >= 11 is 6.10. The second-order valence-electron chi connectivity index (χ2n) is 6.85. The molecule has 1 saturated heterocycles. The predicted octanol–water partition coefficient (Wildman–Crippen LogP) is 3.60.